The summed E-state index contributed by atoms with van der Waals surface area (Å²) in [5.41, 5.74) is -0.567. The predicted octanol–water partition coefficient (Wildman–Crippen LogP) is 0.565. The number of carboxylic acid groups (broad SMARTS) is 1. The van der Waals surface area contributed by atoms with E-state index in [1.807, 2.05) is 0 Å². The monoisotopic (exact) mass is 274 g/mol. The van der Waals surface area contributed by atoms with E-state index in [0.29, 0.717) is 0 Å². The van der Waals surface area contributed by atoms with Gasteiger partial charge in [0.05, 0.1) is 5.25 Å². The van der Waals surface area contributed by atoms with Gasteiger partial charge in [-0.15, -0.1) is 0 Å². The van der Waals surface area contributed by atoms with Gasteiger partial charge < -0.3 is 5.11 Å². The summed E-state index contributed by atoms with van der Waals surface area (Å²) in [6.07, 6.45) is 0. The summed E-state index contributed by atoms with van der Waals surface area (Å²) in [6.45, 7) is 4.63. The Hall–Kier alpha value is -1.70. The van der Waals surface area contributed by atoms with E-state index in [0.717, 1.165) is 10.7 Å². The van der Waals surface area contributed by atoms with Crippen molar-refractivity contribution >= 4 is 20.9 Å². The molecule has 0 saturated carbocycles. The normalized spacial score (nSPS) is 11.8. The largest absolute Gasteiger partial charge is 0.477 e. The van der Waals surface area contributed by atoms with Gasteiger partial charge in [0.15, 0.2) is 0 Å². The average molecular weight is 274 g/mol. The van der Waals surface area contributed by atoms with Gasteiger partial charge in [0.1, 0.15) is 11.4 Å². The van der Waals surface area contributed by atoms with E-state index in [1.54, 1.807) is 6.92 Å². The maximum absolute atomic E-state index is 11.8. The summed E-state index contributed by atoms with van der Waals surface area (Å²) in [5.74, 6) is -1.26. The van der Waals surface area contributed by atoms with E-state index in [4.69, 9.17) is 5.11 Å². The minimum atomic E-state index is -3.97. The first-order chi connectivity index (χ1) is 8.21. The van der Waals surface area contributed by atoms with E-state index in [1.165, 1.54) is 13.8 Å². The van der Waals surface area contributed by atoms with Gasteiger partial charge in [-0.2, -0.15) is 5.10 Å². The van der Waals surface area contributed by atoms with Crippen LogP contribution in [0.2, 0.25) is 0 Å². The molecule has 0 aliphatic heterocycles. The van der Waals surface area contributed by atoms with Crippen molar-refractivity contribution < 1.29 is 23.1 Å². The van der Waals surface area contributed by atoms with Gasteiger partial charge in [-0.3, -0.25) is 9.48 Å². The maximum Gasteiger partial charge on any atom is 0.354 e. The van der Waals surface area contributed by atoms with Crippen LogP contribution in [-0.2, 0) is 16.4 Å². The first kappa shape index (κ1) is 14.4. The molecule has 100 valence electrons. The lowest BCUT2D eigenvalue weighted by atomic mass is 10.3. The second-order valence-corrected chi connectivity index (χ2v) is 6.32. The molecule has 1 N–H and O–H groups in total. The zero-order valence-corrected chi connectivity index (χ0v) is 11.1. The topological polar surface area (TPSA) is 106 Å². The molecule has 8 heteroatoms. The lowest BCUT2D eigenvalue weighted by Gasteiger charge is -2.03. The number of hydrogen-bond donors (Lipinski definition) is 1. The second kappa shape index (κ2) is 4.89. The van der Waals surface area contributed by atoms with Gasteiger partial charge in [0, 0.05) is 12.6 Å². The molecule has 0 spiro atoms. The van der Waals surface area contributed by atoms with Gasteiger partial charge in [-0.05, 0) is 20.8 Å². The fourth-order valence-electron chi connectivity index (χ4n) is 1.29. The average Bonchev–Trinajstić information content (AvgIpc) is 2.71. The molecule has 0 unspecified atom stereocenters. The van der Waals surface area contributed by atoms with E-state index in [2.05, 4.69) is 5.10 Å². The summed E-state index contributed by atoms with van der Waals surface area (Å²) >= 11 is 0. The minimum absolute atomic E-state index is 0.209. The van der Waals surface area contributed by atoms with Crippen molar-refractivity contribution in [2.24, 2.45) is 0 Å². The Morgan fingerprint density at radius 3 is 2.33 bits per heavy atom. The summed E-state index contributed by atoms with van der Waals surface area (Å²) in [6, 6.07) is 0.980. The number of aromatic nitrogens is 2. The fourth-order valence-corrected chi connectivity index (χ4v) is 2.11. The lowest BCUT2D eigenvalue weighted by Crippen LogP contribution is -2.24. The number of carbonyl (C=O) groups is 2. The number of carbonyl (C=O) groups excluding carboxylic acids is 1. The first-order valence-corrected chi connectivity index (χ1v) is 6.85. The van der Waals surface area contributed by atoms with Crippen LogP contribution in [0, 0.1) is 0 Å². The van der Waals surface area contributed by atoms with Crippen molar-refractivity contribution in [3.63, 3.8) is 0 Å². The Kier molecular flexibility index (Phi) is 3.90. The van der Waals surface area contributed by atoms with Crippen molar-refractivity contribution in [3.05, 3.63) is 17.5 Å². The molecule has 1 heterocycles. The van der Waals surface area contributed by atoms with E-state index in [-0.39, 0.29) is 17.9 Å². The molecule has 1 aromatic heterocycles. The lowest BCUT2D eigenvalue weighted by molar-refractivity contribution is 0.0683. The van der Waals surface area contributed by atoms with Crippen LogP contribution in [0.4, 0.5) is 0 Å². The van der Waals surface area contributed by atoms with Crippen LogP contribution in [0.1, 0.15) is 41.7 Å². The predicted molar refractivity (Wildman–Crippen MR) is 63.2 cm³/mol. The summed E-state index contributed by atoms with van der Waals surface area (Å²) in [5, 5.41) is 10.6. The van der Waals surface area contributed by atoms with Crippen LogP contribution in [0.25, 0.3) is 0 Å². The number of rotatable bonds is 4. The van der Waals surface area contributed by atoms with E-state index in [9.17, 15) is 18.0 Å². The third-order valence-corrected chi connectivity index (χ3v) is 4.35. The number of hydrogen-bond acceptors (Lipinski definition) is 5. The molecular weight excluding hydrogens is 260 g/mol. The van der Waals surface area contributed by atoms with Crippen molar-refractivity contribution in [2.45, 2.75) is 32.6 Å². The van der Waals surface area contributed by atoms with Crippen molar-refractivity contribution in [2.75, 3.05) is 0 Å². The molecule has 0 aliphatic rings. The molecule has 0 aromatic carbocycles. The van der Waals surface area contributed by atoms with Crippen molar-refractivity contribution in [1.29, 1.82) is 0 Å². The van der Waals surface area contributed by atoms with Gasteiger partial charge >= 0.3 is 5.97 Å². The summed E-state index contributed by atoms with van der Waals surface area (Å²) in [7, 11) is -3.97. The second-order valence-electron chi connectivity index (χ2n) is 3.92. The first-order valence-electron chi connectivity index (χ1n) is 5.31. The van der Waals surface area contributed by atoms with Gasteiger partial charge in [0.25, 0.3) is 5.12 Å². The number of aromatic carboxylic acids is 1. The molecule has 0 bridgehead atoms. The van der Waals surface area contributed by atoms with E-state index >= 15 is 0 Å². The molecule has 1 aromatic rings. The third kappa shape index (κ3) is 2.42. The number of carboxylic acids is 1. The van der Waals surface area contributed by atoms with Gasteiger partial charge in [-0.1, -0.05) is 0 Å². The summed E-state index contributed by atoms with van der Waals surface area (Å²) in [4.78, 5) is 22.6. The quantitative estimate of drug-likeness (QED) is 0.860. The Morgan fingerprint density at radius 1 is 1.44 bits per heavy atom. The highest BCUT2D eigenvalue weighted by molar-refractivity contribution is 8.07. The molecule has 7 nitrogen and oxygen atoms in total. The van der Waals surface area contributed by atoms with Crippen LogP contribution in [-0.4, -0.2) is 39.6 Å². The molecule has 0 fully saturated rings. The molecule has 1 rings (SSSR count). The molecular formula is C10H14N2O5S. The zero-order chi connectivity index (χ0) is 14.1. The van der Waals surface area contributed by atoms with E-state index < -0.39 is 26.2 Å². The minimum Gasteiger partial charge on any atom is -0.477 e. The van der Waals surface area contributed by atoms with Crippen molar-refractivity contribution in [3.8, 4) is 0 Å². The smallest absolute Gasteiger partial charge is 0.354 e. The van der Waals surface area contributed by atoms with Crippen LogP contribution in [0.3, 0.4) is 0 Å². The third-order valence-electron chi connectivity index (χ3n) is 2.39. The van der Waals surface area contributed by atoms with Crippen LogP contribution >= 0.6 is 0 Å². The highest BCUT2D eigenvalue weighted by Gasteiger charge is 2.31. The molecule has 18 heavy (non-hydrogen) atoms. The Balaban J connectivity index is 3.28. The van der Waals surface area contributed by atoms with Crippen LogP contribution < -0.4 is 0 Å². The number of aryl methyl sites for hydroxylation is 1. The molecule has 0 saturated heterocycles. The Labute approximate surface area is 104 Å². The van der Waals surface area contributed by atoms with Gasteiger partial charge in [-0.25, -0.2) is 13.2 Å². The molecule has 0 radical (unpaired) electrons. The standard InChI is InChI=1S/C10H14N2O5S/c1-4-12-8(9(13)14)5-7(11-12)10(15)18(16,17)6(2)3/h5-6H,4H2,1-3H3,(H,13,14). The molecule has 0 atom stereocenters. The molecule has 0 aliphatic carbocycles. The highest BCUT2D eigenvalue weighted by Crippen LogP contribution is 2.12. The van der Waals surface area contributed by atoms with Gasteiger partial charge in [0.2, 0.25) is 9.84 Å². The fraction of sp³-hybridized carbons (Fsp3) is 0.500. The SMILES string of the molecule is CCn1nc(C(=O)S(=O)(=O)C(C)C)cc1C(=O)O. The van der Waals surface area contributed by atoms with Crippen LogP contribution in [0.15, 0.2) is 6.07 Å². The zero-order valence-electron chi connectivity index (χ0n) is 10.2. The van der Waals surface area contributed by atoms with Crippen molar-refractivity contribution in [1.82, 2.24) is 9.78 Å². The summed E-state index contributed by atoms with van der Waals surface area (Å²) < 4.78 is 24.4. The molecule has 0 amide bonds. The Bertz CT molecular complexity index is 585. The highest BCUT2D eigenvalue weighted by atomic mass is 32.2. The van der Waals surface area contributed by atoms with Crippen LogP contribution in [0.5, 0.6) is 0 Å². The number of sulfone groups is 1. The Morgan fingerprint density at radius 2 is 2.00 bits per heavy atom. The number of nitrogens with zero attached hydrogens (tertiary/aromatic N) is 2. The maximum atomic E-state index is 11.8.